The minimum atomic E-state index is 0.601. The van der Waals surface area contributed by atoms with Crippen LogP contribution in [0.2, 0.25) is 0 Å². The van der Waals surface area contributed by atoms with E-state index >= 15 is 0 Å². The first-order valence-electron chi connectivity index (χ1n) is 8.17. The summed E-state index contributed by atoms with van der Waals surface area (Å²) in [4.78, 5) is 2.62. The maximum Gasteiger partial charge on any atom is 0.0401 e. The molecule has 0 saturated carbocycles. The first-order valence-corrected chi connectivity index (χ1v) is 8.17. The van der Waals surface area contributed by atoms with Crippen molar-refractivity contribution >= 4 is 5.69 Å². The number of aryl methyl sites for hydroxylation is 2. The third-order valence-corrected chi connectivity index (χ3v) is 4.27. The second kappa shape index (κ2) is 7.12. The third kappa shape index (κ3) is 3.99. The van der Waals surface area contributed by atoms with Gasteiger partial charge in [-0.15, -0.1) is 0 Å². The molecule has 1 unspecified atom stereocenters. The Bertz CT molecular complexity index is 425. The van der Waals surface area contributed by atoms with Gasteiger partial charge in [0.05, 0.1) is 0 Å². The molecule has 1 aliphatic heterocycles. The molecule has 1 aromatic rings. The van der Waals surface area contributed by atoms with E-state index in [9.17, 15) is 0 Å². The van der Waals surface area contributed by atoms with E-state index in [2.05, 4.69) is 56.1 Å². The summed E-state index contributed by atoms with van der Waals surface area (Å²) < 4.78 is 0. The van der Waals surface area contributed by atoms with E-state index < -0.39 is 0 Å². The lowest BCUT2D eigenvalue weighted by atomic mass is 9.97. The van der Waals surface area contributed by atoms with Gasteiger partial charge in [0, 0.05) is 24.3 Å². The van der Waals surface area contributed by atoms with Gasteiger partial charge in [-0.2, -0.15) is 0 Å². The van der Waals surface area contributed by atoms with Crippen LogP contribution in [0.25, 0.3) is 0 Å². The summed E-state index contributed by atoms with van der Waals surface area (Å²) in [6.45, 7) is 11.4. The Hall–Kier alpha value is -1.02. The van der Waals surface area contributed by atoms with Gasteiger partial charge in [0.15, 0.2) is 0 Å². The number of fused-ring (bicyclic) bond motifs is 1. The molecule has 1 aliphatic rings. The molecular formula is C18H30N2. The Labute approximate surface area is 124 Å². The zero-order chi connectivity index (χ0) is 14.5. The zero-order valence-corrected chi connectivity index (χ0v) is 13.6. The van der Waals surface area contributed by atoms with E-state index in [-0.39, 0.29) is 0 Å². The van der Waals surface area contributed by atoms with Gasteiger partial charge >= 0.3 is 0 Å². The molecule has 0 saturated heterocycles. The second-order valence-electron chi connectivity index (χ2n) is 6.53. The number of nitrogens with one attached hydrogen (secondary N) is 1. The highest BCUT2D eigenvalue weighted by molar-refractivity contribution is 5.57. The lowest BCUT2D eigenvalue weighted by molar-refractivity contribution is 0.504. The van der Waals surface area contributed by atoms with Gasteiger partial charge in [0.1, 0.15) is 0 Å². The summed E-state index contributed by atoms with van der Waals surface area (Å²) in [6.07, 6.45) is 5.07. The molecule has 1 atom stereocenters. The van der Waals surface area contributed by atoms with E-state index in [0.717, 1.165) is 6.54 Å². The summed E-state index contributed by atoms with van der Waals surface area (Å²) in [5.41, 5.74) is 4.41. The Morgan fingerprint density at radius 3 is 2.80 bits per heavy atom. The maximum atomic E-state index is 3.51. The zero-order valence-electron chi connectivity index (χ0n) is 13.6. The van der Waals surface area contributed by atoms with Crippen molar-refractivity contribution in [1.29, 1.82) is 0 Å². The summed E-state index contributed by atoms with van der Waals surface area (Å²) in [5, 5.41) is 3.51. The number of nitrogens with zero attached hydrogens (tertiary/aromatic N) is 1. The molecule has 0 aromatic heterocycles. The van der Waals surface area contributed by atoms with Gasteiger partial charge in [-0.05, 0) is 57.7 Å². The monoisotopic (exact) mass is 274 g/mol. The molecule has 0 fully saturated rings. The highest BCUT2D eigenvalue weighted by Gasteiger charge is 2.20. The first kappa shape index (κ1) is 15.4. The third-order valence-electron chi connectivity index (χ3n) is 4.27. The molecule has 0 aliphatic carbocycles. The topological polar surface area (TPSA) is 15.3 Å². The van der Waals surface area contributed by atoms with E-state index in [1.165, 1.54) is 43.5 Å². The summed E-state index contributed by atoms with van der Waals surface area (Å²) in [7, 11) is 0. The molecule has 20 heavy (non-hydrogen) atoms. The Morgan fingerprint density at radius 2 is 2.05 bits per heavy atom. The van der Waals surface area contributed by atoms with Crippen molar-refractivity contribution in [3.8, 4) is 0 Å². The van der Waals surface area contributed by atoms with Crippen molar-refractivity contribution in [2.45, 2.75) is 65.5 Å². The van der Waals surface area contributed by atoms with Crippen molar-refractivity contribution in [2.24, 2.45) is 0 Å². The highest BCUT2D eigenvalue weighted by atomic mass is 15.2. The van der Waals surface area contributed by atoms with Crippen LogP contribution in [0.4, 0.5) is 5.69 Å². The SMILES string of the molecule is Cc1ccc2c(c1)CCCN2C(C)CCCNC(C)C. The predicted octanol–water partition coefficient (Wildman–Crippen LogP) is 3.91. The van der Waals surface area contributed by atoms with Crippen molar-refractivity contribution in [1.82, 2.24) is 5.32 Å². The smallest absolute Gasteiger partial charge is 0.0401 e. The van der Waals surface area contributed by atoms with Crippen LogP contribution in [0.1, 0.15) is 51.2 Å². The summed E-state index contributed by atoms with van der Waals surface area (Å²) in [5.74, 6) is 0. The molecule has 112 valence electrons. The van der Waals surface area contributed by atoms with Crippen LogP contribution in [0.3, 0.4) is 0 Å². The van der Waals surface area contributed by atoms with E-state index in [4.69, 9.17) is 0 Å². The minimum absolute atomic E-state index is 0.601. The molecular weight excluding hydrogens is 244 g/mol. The molecule has 1 aromatic carbocycles. The van der Waals surface area contributed by atoms with Crippen LogP contribution in [0.5, 0.6) is 0 Å². The maximum absolute atomic E-state index is 3.51. The minimum Gasteiger partial charge on any atom is -0.369 e. The van der Waals surface area contributed by atoms with Crippen molar-refractivity contribution in [3.63, 3.8) is 0 Å². The molecule has 0 amide bonds. The summed E-state index contributed by atoms with van der Waals surface area (Å²) >= 11 is 0. The quantitative estimate of drug-likeness (QED) is 0.791. The Kier molecular flexibility index (Phi) is 5.47. The predicted molar refractivity (Wildman–Crippen MR) is 88.7 cm³/mol. The van der Waals surface area contributed by atoms with Gasteiger partial charge in [0.2, 0.25) is 0 Å². The fourth-order valence-electron chi connectivity index (χ4n) is 3.16. The Morgan fingerprint density at radius 1 is 1.25 bits per heavy atom. The van der Waals surface area contributed by atoms with Gasteiger partial charge in [-0.1, -0.05) is 31.5 Å². The highest BCUT2D eigenvalue weighted by Crippen LogP contribution is 2.30. The van der Waals surface area contributed by atoms with Crippen molar-refractivity contribution < 1.29 is 0 Å². The number of hydrogen-bond donors (Lipinski definition) is 1. The lowest BCUT2D eigenvalue weighted by Crippen LogP contribution is -2.37. The van der Waals surface area contributed by atoms with E-state index in [1.54, 1.807) is 5.56 Å². The lowest BCUT2D eigenvalue weighted by Gasteiger charge is -2.36. The van der Waals surface area contributed by atoms with Crippen LogP contribution in [-0.2, 0) is 6.42 Å². The number of anilines is 1. The second-order valence-corrected chi connectivity index (χ2v) is 6.53. The van der Waals surface area contributed by atoms with Gasteiger partial charge < -0.3 is 10.2 Å². The van der Waals surface area contributed by atoms with Crippen LogP contribution >= 0.6 is 0 Å². The molecule has 1 N–H and O–H groups in total. The first-order chi connectivity index (χ1) is 9.58. The molecule has 2 heteroatoms. The van der Waals surface area contributed by atoms with Crippen LogP contribution in [0, 0.1) is 6.92 Å². The Balaban J connectivity index is 1.93. The number of benzene rings is 1. The number of hydrogen-bond acceptors (Lipinski definition) is 2. The molecule has 1 heterocycles. The average Bonchev–Trinajstić information content (AvgIpc) is 2.42. The van der Waals surface area contributed by atoms with Crippen LogP contribution in [-0.4, -0.2) is 25.2 Å². The van der Waals surface area contributed by atoms with E-state index in [1.807, 2.05) is 0 Å². The van der Waals surface area contributed by atoms with Crippen molar-refractivity contribution in [2.75, 3.05) is 18.0 Å². The standard InChI is InChI=1S/C18H30N2/c1-14(2)19-11-5-7-16(4)20-12-6-8-17-13-15(3)9-10-18(17)20/h9-10,13-14,16,19H,5-8,11-12H2,1-4H3. The average molecular weight is 274 g/mol. The van der Waals surface area contributed by atoms with Crippen LogP contribution < -0.4 is 10.2 Å². The summed E-state index contributed by atoms with van der Waals surface area (Å²) in [6, 6.07) is 8.19. The van der Waals surface area contributed by atoms with Gasteiger partial charge in [-0.25, -0.2) is 0 Å². The molecule has 0 bridgehead atoms. The van der Waals surface area contributed by atoms with Gasteiger partial charge in [0.25, 0.3) is 0 Å². The molecule has 0 spiro atoms. The van der Waals surface area contributed by atoms with E-state index in [0.29, 0.717) is 12.1 Å². The van der Waals surface area contributed by atoms with Crippen LogP contribution in [0.15, 0.2) is 18.2 Å². The number of rotatable bonds is 6. The largest absolute Gasteiger partial charge is 0.369 e. The van der Waals surface area contributed by atoms with Gasteiger partial charge in [-0.3, -0.25) is 0 Å². The molecule has 2 rings (SSSR count). The molecule has 0 radical (unpaired) electrons. The van der Waals surface area contributed by atoms with Crippen molar-refractivity contribution in [3.05, 3.63) is 29.3 Å². The fourth-order valence-corrected chi connectivity index (χ4v) is 3.16. The normalized spacial score (nSPS) is 16.4. The fraction of sp³-hybridized carbons (Fsp3) is 0.667. The molecule has 2 nitrogen and oxygen atoms in total.